The molecule has 0 aliphatic heterocycles. The Kier molecular flexibility index (Phi) is 5.07. The van der Waals surface area contributed by atoms with E-state index in [0.717, 1.165) is 0 Å². The van der Waals surface area contributed by atoms with Crippen molar-refractivity contribution in [3.63, 3.8) is 0 Å². The molecule has 1 nitrogen and oxygen atoms in total. The van der Waals surface area contributed by atoms with Gasteiger partial charge in [-0.05, 0) is 62.7 Å². The molecule has 0 heterocycles. The van der Waals surface area contributed by atoms with Gasteiger partial charge in [0.25, 0.3) is 0 Å². The molecule has 0 atom stereocenters. The first kappa shape index (κ1) is 21.4. The molecule has 6 rings (SSSR count). The monoisotopic (exact) mass is 451 g/mol. The van der Waals surface area contributed by atoms with Gasteiger partial charge in [-0.15, -0.1) is 0 Å². The zero-order chi connectivity index (χ0) is 24.0. The van der Waals surface area contributed by atoms with Crippen LogP contribution in [0.5, 0.6) is 0 Å². The van der Waals surface area contributed by atoms with Crippen molar-refractivity contribution in [2.75, 3.05) is 11.9 Å². The smallest absolute Gasteiger partial charge is 0.0455 e. The summed E-state index contributed by atoms with van der Waals surface area (Å²) in [5.74, 6) is 0. The van der Waals surface area contributed by atoms with E-state index in [1.54, 1.807) is 0 Å². The first-order chi connectivity index (χ1) is 17.0. The normalized spacial score (nSPS) is 13.2. The van der Waals surface area contributed by atoms with Crippen LogP contribution in [-0.2, 0) is 5.41 Å². The Hall–Kier alpha value is -4.10. The first-order valence-corrected chi connectivity index (χ1v) is 12.3. The van der Waals surface area contributed by atoms with E-state index >= 15 is 0 Å². The number of benzene rings is 5. The maximum Gasteiger partial charge on any atom is 0.0455 e. The third-order valence-corrected chi connectivity index (χ3v) is 7.50. The Morgan fingerprint density at radius 2 is 1.00 bits per heavy atom. The molecule has 0 saturated carbocycles. The summed E-state index contributed by atoms with van der Waals surface area (Å²) in [6.07, 6.45) is 0. The largest absolute Gasteiger partial charge is 0.344 e. The topological polar surface area (TPSA) is 3.24 Å². The molecule has 0 N–H and O–H groups in total. The van der Waals surface area contributed by atoms with E-state index < -0.39 is 0 Å². The fraction of sp³-hybridized carbons (Fsp3) is 0.118. The number of nitrogens with zero attached hydrogens (tertiary/aromatic N) is 1. The average Bonchev–Trinajstić information content (AvgIpc) is 3.16. The molecule has 0 fully saturated rings. The summed E-state index contributed by atoms with van der Waals surface area (Å²) < 4.78 is 0. The predicted molar refractivity (Wildman–Crippen MR) is 149 cm³/mol. The highest BCUT2D eigenvalue weighted by Gasteiger charge is 2.37. The van der Waals surface area contributed by atoms with Crippen LogP contribution in [0.4, 0.5) is 11.4 Å². The van der Waals surface area contributed by atoms with Crippen LogP contribution in [-0.4, -0.2) is 7.05 Å². The van der Waals surface area contributed by atoms with Gasteiger partial charge in [-0.3, -0.25) is 0 Å². The maximum atomic E-state index is 2.34. The SMILES string of the molecule is CN(c1ccc(-c2ccc(-c3ccccc3)cc2)cc1)c1cccc2c1C(C)(C)c1ccccc1-2. The Morgan fingerprint density at radius 1 is 0.486 bits per heavy atom. The molecule has 5 aromatic rings. The van der Waals surface area contributed by atoms with Crippen LogP contribution in [0.1, 0.15) is 25.0 Å². The number of hydrogen-bond donors (Lipinski definition) is 0. The highest BCUT2D eigenvalue weighted by atomic mass is 15.1. The van der Waals surface area contributed by atoms with Crippen LogP contribution >= 0.6 is 0 Å². The van der Waals surface area contributed by atoms with Gasteiger partial charge in [0, 0.05) is 23.8 Å². The number of anilines is 2. The summed E-state index contributed by atoms with van der Waals surface area (Å²) in [5.41, 5.74) is 12.9. The van der Waals surface area contributed by atoms with E-state index in [4.69, 9.17) is 0 Å². The predicted octanol–water partition coefficient (Wildman–Crippen LogP) is 9.09. The molecule has 1 aliphatic carbocycles. The van der Waals surface area contributed by atoms with Gasteiger partial charge >= 0.3 is 0 Å². The number of fused-ring (bicyclic) bond motifs is 3. The van der Waals surface area contributed by atoms with Gasteiger partial charge in [-0.1, -0.05) is 117 Å². The third-order valence-electron chi connectivity index (χ3n) is 7.50. The Balaban J connectivity index is 1.31. The van der Waals surface area contributed by atoms with Crippen LogP contribution < -0.4 is 4.90 Å². The molecule has 35 heavy (non-hydrogen) atoms. The van der Waals surface area contributed by atoms with E-state index in [2.05, 4.69) is 147 Å². The summed E-state index contributed by atoms with van der Waals surface area (Å²) in [7, 11) is 2.18. The van der Waals surface area contributed by atoms with Gasteiger partial charge in [0.2, 0.25) is 0 Å². The van der Waals surface area contributed by atoms with Gasteiger partial charge in [-0.25, -0.2) is 0 Å². The standard InChI is InChI=1S/C34H29N/c1-34(2)31-14-8-7-12-29(31)30-13-9-15-32(33(30)34)35(3)28-22-20-27(21-23-28)26-18-16-25(17-19-26)24-10-5-4-6-11-24/h4-23H,1-3H3. The van der Waals surface area contributed by atoms with E-state index in [1.165, 1.54) is 55.9 Å². The van der Waals surface area contributed by atoms with Crippen LogP contribution in [0, 0.1) is 0 Å². The van der Waals surface area contributed by atoms with Crippen molar-refractivity contribution in [2.45, 2.75) is 19.3 Å². The second-order valence-corrected chi connectivity index (χ2v) is 9.92. The minimum Gasteiger partial charge on any atom is -0.344 e. The second kappa shape index (κ2) is 8.29. The highest BCUT2D eigenvalue weighted by Crippen LogP contribution is 2.52. The summed E-state index contributed by atoms with van der Waals surface area (Å²) in [6, 6.07) is 43.8. The average molecular weight is 452 g/mol. The van der Waals surface area contributed by atoms with Crippen LogP contribution in [0.3, 0.4) is 0 Å². The van der Waals surface area contributed by atoms with Gasteiger partial charge in [0.1, 0.15) is 0 Å². The molecule has 0 bridgehead atoms. The van der Waals surface area contributed by atoms with E-state index in [1.807, 2.05) is 0 Å². The highest BCUT2D eigenvalue weighted by molar-refractivity contribution is 5.87. The summed E-state index contributed by atoms with van der Waals surface area (Å²) >= 11 is 0. The summed E-state index contributed by atoms with van der Waals surface area (Å²) in [5, 5.41) is 0. The lowest BCUT2D eigenvalue weighted by Gasteiger charge is -2.29. The molecule has 0 amide bonds. The minimum absolute atomic E-state index is 0.0305. The molecule has 0 unspecified atom stereocenters. The molecule has 1 heteroatoms. The quantitative estimate of drug-likeness (QED) is 0.263. The molecule has 1 aliphatic rings. The molecular formula is C34H29N. The fourth-order valence-electron chi connectivity index (χ4n) is 5.60. The third kappa shape index (κ3) is 3.56. The van der Waals surface area contributed by atoms with Crippen molar-refractivity contribution >= 4 is 11.4 Å². The second-order valence-electron chi connectivity index (χ2n) is 9.92. The molecule has 170 valence electrons. The van der Waals surface area contributed by atoms with Crippen molar-refractivity contribution < 1.29 is 0 Å². The van der Waals surface area contributed by atoms with E-state index in [9.17, 15) is 0 Å². The number of rotatable bonds is 4. The maximum absolute atomic E-state index is 2.34. The Labute approximate surface area is 208 Å². The minimum atomic E-state index is -0.0305. The van der Waals surface area contributed by atoms with Gasteiger partial charge < -0.3 is 4.90 Å². The zero-order valence-corrected chi connectivity index (χ0v) is 20.5. The van der Waals surface area contributed by atoms with Crippen molar-refractivity contribution in [3.8, 4) is 33.4 Å². The zero-order valence-electron chi connectivity index (χ0n) is 20.5. The van der Waals surface area contributed by atoms with E-state index in [0.29, 0.717) is 0 Å². The molecular weight excluding hydrogens is 422 g/mol. The summed E-state index contributed by atoms with van der Waals surface area (Å²) in [4.78, 5) is 2.33. The lowest BCUT2D eigenvalue weighted by Crippen LogP contribution is -2.20. The van der Waals surface area contributed by atoms with Crippen LogP contribution in [0.25, 0.3) is 33.4 Å². The Morgan fingerprint density at radius 3 is 1.66 bits per heavy atom. The van der Waals surface area contributed by atoms with Crippen molar-refractivity contribution in [1.82, 2.24) is 0 Å². The van der Waals surface area contributed by atoms with Gasteiger partial charge in [0.15, 0.2) is 0 Å². The lowest BCUT2D eigenvalue weighted by molar-refractivity contribution is 0.660. The molecule has 0 spiro atoms. The first-order valence-electron chi connectivity index (χ1n) is 12.3. The Bertz CT molecular complexity index is 1490. The molecule has 0 aromatic heterocycles. The van der Waals surface area contributed by atoms with Crippen molar-refractivity contribution in [1.29, 1.82) is 0 Å². The van der Waals surface area contributed by atoms with Crippen molar-refractivity contribution in [2.24, 2.45) is 0 Å². The summed E-state index contributed by atoms with van der Waals surface area (Å²) in [6.45, 7) is 4.69. The van der Waals surface area contributed by atoms with Gasteiger partial charge in [-0.2, -0.15) is 0 Å². The van der Waals surface area contributed by atoms with Gasteiger partial charge in [0.05, 0.1) is 0 Å². The van der Waals surface area contributed by atoms with Crippen LogP contribution in [0.2, 0.25) is 0 Å². The molecule has 5 aromatic carbocycles. The molecule has 0 saturated heterocycles. The van der Waals surface area contributed by atoms with Crippen LogP contribution in [0.15, 0.2) is 121 Å². The lowest BCUT2D eigenvalue weighted by atomic mass is 9.81. The molecule has 0 radical (unpaired) electrons. The fourth-order valence-corrected chi connectivity index (χ4v) is 5.60. The van der Waals surface area contributed by atoms with Crippen molar-refractivity contribution in [3.05, 3.63) is 132 Å². The van der Waals surface area contributed by atoms with E-state index in [-0.39, 0.29) is 5.41 Å². The number of hydrogen-bond acceptors (Lipinski definition) is 1.